The Morgan fingerprint density at radius 2 is 2.17 bits per heavy atom. The van der Waals surface area contributed by atoms with E-state index in [9.17, 15) is 0 Å². The molecule has 0 heterocycles. The largest absolute Gasteiger partial charge is 0.381 e. The van der Waals surface area contributed by atoms with E-state index in [2.05, 4.69) is 12.2 Å². The molecule has 0 saturated heterocycles. The Balaban J connectivity index is 1.75. The van der Waals surface area contributed by atoms with Crippen LogP contribution in [0.1, 0.15) is 32.6 Å². The molecule has 1 aliphatic rings. The van der Waals surface area contributed by atoms with Gasteiger partial charge in [-0.25, -0.2) is 0 Å². The number of rotatable bonds is 7. The molecule has 0 aromatic heterocycles. The van der Waals surface area contributed by atoms with Crippen LogP contribution in [0, 0.1) is 5.92 Å². The zero-order valence-corrected chi connectivity index (χ0v) is 8.31. The van der Waals surface area contributed by atoms with E-state index >= 15 is 0 Å². The lowest BCUT2D eigenvalue weighted by Crippen LogP contribution is -2.22. The maximum Gasteiger partial charge on any atom is 0.0480 e. The number of ether oxygens (including phenoxy) is 1. The lowest BCUT2D eigenvalue weighted by Gasteiger charge is -2.09. The van der Waals surface area contributed by atoms with E-state index in [1.165, 1.54) is 19.3 Å². The lowest BCUT2D eigenvalue weighted by atomic mass is 10.2. The van der Waals surface area contributed by atoms with Crippen LogP contribution in [0.3, 0.4) is 0 Å². The highest BCUT2D eigenvalue weighted by Crippen LogP contribution is 2.32. The van der Waals surface area contributed by atoms with E-state index in [1.54, 1.807) is 0 Å². The molecule has 2 nitrogen and oxygen atoms in total. The molecule has 1 fully saturated rings. The van der Waals surface area contributed by atoms with Crippen LogP contribution in [-0.4, -0.2) is 26.3 Å². The Morgan fingerprint density at radius 1 is 1.42 bits per heavy atom. The Hall–Kier alpha value is -0.0800. The van der Waals surface area contributed by atoms with Gasteiger partial charge in [0, 0.05) is 19.3 Å². The average Bonchev–Trinajstić information content (AvgIpc) is 2.87. The summed E-state index contributed by atoms with van der Waals surface area (Å²) >= 11 is 0. The maximum absolute atomic E-state index is 5.52. The standard InChI is InChI=1S/C10H21NO/c1-9(11-2)5-7-12-8-6-10-3-4-10/h9-11H,3-8H2,1-2H3. The molecule has 1 N–H and O–H groups in total. The Labute approximate surface area is 75.7 Å². The summed E-state index contributed by atoms with van der Waals surface area (Å²) in [7, 11) is 1.99. The van der Waals surface area contributed by atoms with Gasteiger partial charge in [0.2, 0.25) is 0 Å². The van der Waals surface area contributed by atoms with Crippen molar-refractivity contribution >= 4 is 0 Å². The van der Waals surface area contributed by atoms with E-state index in [0.717, 1.165) is 25.6 Å². The molecule has 0 amide bonds. The fourth-order valence-corrected chi connectivity index (χ4v) is 1.16. The Kier molecular flexibility index (Phi) is 4.62. The van der Waals surface area contributed by atoms with Crippen LogP contribution in [-0.2, 0) is 4.74 Å². The van der Waals surface area contributed by atoms with Crippen molar-refractivity contribution in [3.05, 3.63) is 0 Å². The van der Waals surface area contributed by atoms with Gasteiger partial charge in [0.05, 0.1) is 0 Å². The van der Waals surface area contributed by atoms with Gasteiger partial charge < -0.3 is 10.1 Å². The Morgan fingerprint density at radius 3 is 2.75 bits per heavy atom. The summed E-state index contributed by atoms with van der Waals surface area (Å²) in [4.78, 5) is 0. The third-order valence-corrected chi connectivity index (χ3v) is 2.56. The molecule has 0 aromatic rings. The van der Waals surface area contributed by atoms with E-state index in [1.807, 2.05) is 7.05 Å². The second kappa shape index (κ2) is 5.55. The van der Waals surface area contributed by atoms with Crippen molar-refractivity contribution in [2.45, 2.75) is 38.6 Å². The van der Waals surface area contributed by atoms with Gasteiger partial charge in [-0.1, -0.05) is 12.8 Å². The van der Waals surface area contributed by atoms with Crippen molar-refractivity contribution in [2.75, 3.05) is 20.3 Å². The van der Waals surface area contributed by atoms with Crippen LogP contribution >= 0.6 is 0 Å². The van der Waals surface area contributed by atoms with Crippen LogP contribution in [0.15, 0.2) is 0 Å². The van der Waals surface area contributed by atoms with E-state index in [0.29, 0.717) is 6.04 Å². The molecular weight excluding hydrogens is 150 g/mol. The first-order valence-electron chi connectivity index (χ1n) is 5.08. The molecule has 12 heavy (non-hydrogen) atoms. The van der Waals surface area contributed by atoms with Crippen LogP contribution in [0.25, 0.3) is 0 Å². The van der Waals surface area contributed by atoms with Crippen molar-refractivity contribution in [2.24, 2.45) is 5.92 Å². The SMILES string of the molecule is CNC(C)CCOCCC1CC1. The Bertz CT molecular complexity index is 112. The van der Waals surface area contributed by atoms with Crippen molar-refractivity contribution < 1.29 is 4.74 Å². The molecule has 0 aliphatic heterocycles. The molecule has 1 atom stereocenters. The van der Waals surface area contributed by atoms with E-state index in [-0.39, 0.29) is 0 Å². The molecule has 2 heteroatoms. The van der Waals surface area contributed by atoms with Gasteiger partial charge in [-0.05, 0) is 32.7 Å². The predicted octanol–water partition coefficient (Wildman–Crippen LogP) is 1.80. The topological polar surface area (TPSA) is 21.3 Å². The highest BCUT2D eigenvalue weighted by atomic mass is 16.5. The molecular formula is C10H21NO. The average molecular weight is 171 g/mol. The first-order chi connectivity index (χ1) is 5.83. The van der Waals surface area contributed by atoms with Gasteiger partial charge in [-0.15, -0.1) is 0 Å². The van der Waals surface area contributed by atoms with Gasteiger partial charge in [-0.3, -0.25) is 0 Å². The van der Waals surface area contributed by atoms with Gasteiger partial charge in [0.1, 0.15) is 0 Å². The van der Waals surface area contributed by atoms with Crippen molar-refractivity contribution in [3.63, 3.8) is 0 Å². The zero-order chi connectivity index (χ0) is 8.81. The van der Waals surface area contributed by atoms with Gasteiger partial charge >= 0.3 is 0 Å². The smallest absolute Gasteiger partial charge is 0.0480 e. The first kappa shape index (κ1) is 10.0. The molecule has 72 valence electrons. The van der Waals surface area contributed by atoms with Gasteiger partial charge in [-0.2, -0.15) is 0 Å². The third-order valence-electron chi connectivity index (χ3n) is 2.56. The molecule has 1 rings (SSSR count). The summed E-state index contributed by atoms with van der Waals surface area (Å²) in [5.41, 5.74) is 0. The number of hydrogen-bond donors (Lipinski definition) is 1. The molecule has 0 radical (unpaired) electrons. The summed E-state index contributed by atoms with van der Waals surface area (Å²) in [5.74, 6) is 1.01. The highest BCUT2D eigenvalue weighted by molar-refractivity contribution is 4.72. The van der Waals surface area contributed by atoms with Crippen molar-refractivity contribution in [1.29, 1.82) is 0 Å². The van der Waals surface area contributed by atoms with Crippen LogP contribution < -0.4 is 5.32 Å². The minimum Gasteiger partial charge on any atom is -0.381 e. The molecule has 1 aliphatic carbocycles. The first-order valence-corrected chi connectivity index (χ1v) is 5.08. The molecule has 0 spiro atoms. The molecule has 0 bridgehead atoms. The fraction of sp³-hybridized carbons (Fsp3) is 1.00. The highest BCUT2D eigenvalue weighted by Gasteiger charge is 2.20. The van der Waals surface area contributed by atoms with Crippen molar-refractivity contribution in [3.8, 4) is 0 Å². The van der Waals surface area contributed by atoms with Crippen LogP contribution in [0.4, 0.5) is 0 Å². The summed E-state index contributed by atoms with van der Waals surface area (Å²) in [6.07, 6.45) is 5.29. The molecule has 0 aromatic carbocycles. The fourth-order valence-electron chi connectivity index (χ4n) is 1.16. The molecule has 1 saturated carbocycles. The zero-order valence-electron chi connectivity index (χ0n) is 8.31. The summed E-state index contributed by atoms with van der Waals surface area (Å²) in [6.45, 7) is 4.07. The summed E-state index contributed by atoms with van der Waals surface area (Å²) < 4.78 is 5.52. The second-order valence-corrected chi connectivity index (χ2v) is 3.82. The van der Waals surface area contributed by atoms with Crippen molar-refractivity contribution in [1.82, 2.24) is 5.32 Å². The predicted molar refractivity (Wildman–Crippen MR) is 51.3 cm³/mol. The quantitative estimate of drug-likeness (QED) is 0.590. The minimum absolute atomic E-state index is 0.589. The normalized spacial score (nSPS) is 19.5. The monoisotopic (exact) mass is 171 g/mol. The van der Waals surface area contributed by atoms with Crippen LogP contribution in [0.2, 0.25) is 0 Å². The van der Waals surface area contributed by atoms with E-state index in [4.69, 9.17) is 4.74 Å². The second-order valence-electron chi connectivity index (χ2n) is 3.82. The molecule has 1 unspecified atom stereocenters. The summed E-state index contributed by atoms with van der Waals surface area (Å²) in [5, 5.41) is 3.20. The summed E-state index contributed by atoms with van der Waals surface area (Å²) in [6, 6.07) is 0.589. The minimum atomic E-state index is 0.589. The maximum atomic E-state index is 5.52. The third kappa shape index (κ3) is 4.73. The van der Waals surface area contributed by atoms with E-state index < -0.39 is 0 Å². The van der Waals surface area contributed by atoms with Gasteiger partial charge in [0.15, 0.2) is 0 Å². The number of nitrogens with one attached hydrogen (secondary N) is 1. The lowest BCUT2D eigenvalue weighted by molar-refractivity contribution is 0.120. The van der Waals surface area contributed by atoms with Crippen LogP contribution in [0.5, 0.6) is 0 Å². The number of hydrogen-bond acceptors (Lipinski definition) is 2. The van der Waals surface area contributed by atoms with Gasteiger partial charge in [0.25, 0.3) is 0 Å².